The van der Waals surface area contributed by atoms with Gasteiger partial charge in [-0.3, -0.25) is 14.9 Å². The number of rotatable bonds is 4. The minimum atomic E-state index is -0.244. The van der Waals surface area contributed by atoms with Crippen LogP contribution in [0, 0.1) is 12.7 Å². The molecule has 0 radical (unpaired) electrons. The van der Waals surface area contributed by atoms with Gasteiger partial charge in [0.2, 0.25) is 0 Å². The molecule has 138 valence electrons. The topological polar surface area (TPSA) is 61.9 Å². The largest absolute Gasteiger partial charge is 0.330 e. The quantitative estimate of drug-likeness (QED) is 0.765. The van der Waals surface area contributed by atoms with Crippen LogP contribution < -0.4 is 0 Å². The number of likely N-dealkylation sites (tertiary alicyclic amines) is 1. The van der Waals surface area contributed by atoms with Gasteiger partial charge in [-0.15, -0.1) is 0 Å². The molecule has 2 aromatic heterocycles. The molecule has 0 bridgehead atoms. The van der Waals surface area contributed by atoms with Crippen LogP contribution >= 0.6 is 0 Å². The van der Waals surface area contributed by atoms with Gasteiger partial charge in [-0.1, -0.05) is 18.2 Å². The molecule has 3 heterocycles. The molecule has 0 unspecified atom stereocenters. The molecule has 4 rings (SSSR count). The van der Waals surface area contributed by atoms with Gasteiger partial charge in [0.1, 0.15) is 5.82 Å². The number of aromatic amines is 1. The standard InChI is InChI=1S/C21H21FN4O/c1-14-18(13-23-25-14)21(27)26-10-4-9-20(26)19-8-3-7-17(24-19)12-15-5-2-6-16(22)11-15/h2-3,5-8,11,13,20H,4,9-10,12H2,1H3,(H,23,25)/t20-/m0/s1. The fourth-order valence-electron chi connectivity index (χ4n) is 3.68. The molecular weight excluding hydrogens is 343 g/mol. The van der Waals surface area contributed by atoms with E-state index in [1.165, 1.54) is 12.1 Å². The molecule has 27 heavy (non-hydrogen) atoms. The molecule has 0 aliphatic carbocycles. The molecule has 0 saturated carbocycles. The Balaban J connectivity index is 1.57. The highest BCUT2D eigenvalue weighted by atomic mass is 19.1. The van der Waals surface area contributed by atoms with E-state index in [1.54, 1.807) is 12.3 Å². The summed E-state index contributed by atoms with van der Waals surface area (Å²) in [5, 5.41) is 6.79. The smallest absolute Gasteiger partial charge is 0.257 e. The summed E-state index contributed by atoms with van der Waals surface area (Å²) in [5.74, 6) is -0.257. The fourth-order valence-corrected chi connectivity index (χ4v) is 3.68. The minimum Gasteiger partial charge on any atom is -0.330 e. The van der Waals surface area contributed by atoms with Crippen LogP contribution in [0.2, 0.25) is 0 Å². The lowest BCUT2D eigenvalue weighted by Crippen LogP contribution is -2.31. The highest BCUT2D eigenvalue weighted by molar-refractivity contribution is 5.95. The molecule has 1 amide bonds. The van der Waals surface area contributed by atoms with Crippen LogP contribution in [0.5, 0.6) is 0 Å². The Hall–Kier alpha value is -3.02. The maximum atomic E-state index is 13.4. The van der Waals surface area contributed by atoms with E-state index in [0.717, 1.165) is 35.5 Å². The number of pyridine rings is 1. The van der Waals surface area contributed by atoms with Crippen LogP contribution in [0.15, 0.2) is 48.7 Å². The second-order valence-electron chi connectivity index (χ2n) is 6.93. The van der Waals surface area contributed by atoms with E-state index in [4.69, 9.17) is 4.98 Å². The van der Waals surface area contributed by atoms with Crippen molar-refractivity contribution in [2.24, 2.45) is 0 Å². The first-order valence-electron chi connectivity index (χ1n) is 9.13. The number of benzene rings is 1. The summed E-state index contributed by atoms with van der Waals surface area (Å²) >= 11 is 0. The van der Waals surface area contributed by atoms with Crippen molar-refractivity contribution < 1.29 is 9.18 Å². The van der Waals surface area contributed by atoms with Crippen LogP contribution in [0.1, 0.15) is 51.9 Å². The zero-order valence-corrected chi connectivity index (χ0v) is 15.2. The van der Waals surface area contributed by atoms with E-state index in [9.17, 15) is 9.18 Å². The van der Waals surface area contributed by atoms with Crippen molar-refractivity contribution in [2.75, 3.05) is 6.54 Å². The molecule has 5 nitrogen and oxygen atoms in total. The van der Waals surface area contributed by atoms with Crippen LogP contribution in [-0.4, -0.2) is 32.5 Å². The number of aryl methyl sites for hydroxylation is 1. The third-order valence-corrected chi connectivity index (χ3v) is 5.02. The van der Waals surface area contributed by atoms with E-state index >= 15 is 0 Å². The van der Waals surface area contributed by atoms with Crippen molar-refractivity contribution in [1.29, 1.82) is 0 Å². The Labute approximate surface area is 157 Å². The van der Waals surface area contributed by atoms with Crippen LogP contribution in [0.4, 0.5) is 4.39 Å². The summed E-state index contributed by atoms with van der Waals surface area (Å²) in [6.45, 7) is 2.56. The van der Waals surface area contributed by atoms with Gasteiger partial charge in [0.15, 0.2) is 0 Å². The number of H-pyrrole nitrogens is 1. The first-order chi connectivity index (χ1) is 13.1. The normalized spacial score (nSPS) is 16.7. The second kappa shape index (κ2) is 7.31. The molecule has 1 aromatic carbocycles. The molecule has 6 heteroatoms. The third kappa shape index (κ3) is 3.60. The zero-order chi connectivity index (χ0) is 18.8. The molecule has 0 spiro atoms. The Kier molecular flexibility index (Phi) is 4.71. The number of carbonyl (C=O) groups excluding carboxylic acids is 1. The second-order valence-corrected chi connectivity index (χ2v) is 6.93. The van der Waals surface area contributed by atoms with Gasteiger partial charge in [-0.2, -0.15) is 5.10 Å². The SMILES string of the molecule is Cc1[nH]ncc1C(=O)N1CCC[C@H]1c1cccc(Cc2cccc(F)c2)n1. The molecular formula is C21H21FN4O. The Bertz CT molecular complexity index is 968. The van der Waals surface area contributed by atoms with Gasteiger partial charge in [-0.05, 0) is 49.6 Å². The van der Waals surface area contributed by atoms with E-state index in [2.05, 4.69) is 10.2 Å². The summed E-state index contributed by atoms with van der Waals surface area (Å²) in [4.78, 5) is 19.6. The number of hydrogen-bond donors (Lipinski definition) is 1. The van der Waals surface area contributed by atoms with Crippen LogP contribution in [0.3, 0.4) is 0 Å². The van der Waals surface area contributed by atoms with Crippen LogP contribution in [0.25, 0.3) is 0 Å². The summed E-state index contributed by atoms with van der Waals surface area (Å²) < 4.78 is 13.4. The van der Waals surface area contributed by atoms with Gasteiger partial charge in [0, 0.05) is 24.4 Å². The van der Waals surface area contributed by atoms with Crippen molar-refractivity contribution >= 4 is 5.91 Å². The maximum absolute atomic E-state index is 13.4. The number of nitrogens with one attached hydrogen (secondary N) is 1. The highest BCUT2D eigenvalue weighted by Gasteiger charge is 2.32. The summed E-state index contributed by atoms with van der Waals surface area (Å²) in [7, 11) is 0. The van der Waals surface area contributed by atoms with Gasteiger partial charge in [-0.25, -0.2) is 4.39 Å². The van der Waals surface area contributed by atoms with Crippen molar-refractivity contribution in [1.82, 2.24) is 20.1 Å². The number of amides is 1. The first-order valence-corrected chi connectivity index (χ1v) is 9.13. The predicted molar refractivity (Wildman–Crippen MR) is 99.8 cm³/mol. The molecule has 1 atom stereocenters. The minimum absolute atomic E-state index is 0.0129. The van der Waals surface area contributed by atoms with Gasteiger partial charge < -0.3 is 4.90 Å². The Morgan fingerprint density at radius 3 is 2.93 bits per heavy atom. The number of halogens is 1. The van der Waals surface area contributed by atoms with Crippen molar-refractivity contribution in [2.45, 2.75) is 32.2 Å². The van der Waals surface area contributed by atoms with E-state index in [-0.39, 0.29) is 17.8 Å². The molecule has 3 aromatic rings. The lowest BCUT2D eigenvalue weighted by atomic mass is 10.1. The molecule has 1 fully saturated rings. The van der Waals surface area contributed by atoms with Gasteiger partial charge in [0.05, 0.1) is 23.5 Å². The van der Waals surface area contributed by atoms with Crippen LogP contribution in [-0.2, 0) is 6.42 Å². The summed E-state index contributed by atoms with van der Waals surface area (Å²) in [6.07, 6.45) is 3.98. The highest BCUT2D eigenvalue weighted by Crippen LogP contribution is 2.32. The van der Waals surface area contributed by atoms with E-state index in [1.807, 2.05) is 36.1 Å². The number of aromatic nitrogens is 3. The van der Waals surface area contributed by atoms with Gasteiger partial charge >= 0.3 is 0 Å². The van der Waals surface area contributed by atoms with E-state index < -0.39 is 0 Å². The Morgan fingerprint density at radius 2 is 2.15 bits per heavy atom. The summed E-state index contributed by atoms with van der Waals surface area (Å²) in [5.41, 5.74) is 4.03. The lowest BCUT2D eigenvalue weighted by Gasteiger charge is -2.24. The average Bonchev–Trinajstić information content (AvgIpc) is 3.30. The molecule has 1 aliphatic heterocycles. The van der Waals surface area contributed by atoms with Crippen molar-refractivity contribution in [3.05, 3.63) is 82.7 Å². The number of nitrogens with zero attached hydrogens (tertiary/aromatic N) is 3. The lowest BCUT2D eigenvalue weighted by molar-refractivity contribution is 0.0732. The van der Waals surface area contributed by atoms with Crippen molar-refractivity contribution in [3.63, 3.8) is 0 Å². The van der Waals surface area contributed by atoms with Gasteiger partial charge in [0.25, 0.3) is 5.91 Å². The number of hydrogen-bond acceptors (Lipinski definition) is 3. The predicted octanol–water partition coefficient (Wildman–Crippen LogP) is 3.82. The average molecular weight is 364 g/mol. The first kappa shape index (κ1) is 17.4. The molecule has 1 aliphatic rings. The monoisotopic (exact) mass is 364 g/mol. The third-order valence-electron chi connectivity index (χ3n) is 5.02. The summed E-state index contributed by atoms with van der Waals surface area (Å²) in [6, 6.07) is 12.4. The Morgan fingerprint density at radius 1 is 1.30 bits per heavy atom. The maximum Gasteiger partial charge on any atom is 0.257 e. The zero-order valence-electron chi connectivity index (χ0n) is 15.2. The molecule has 1 saturated heterocycles. The fraction of sp³-hybridized carbons (Fsp3) is 0.286. The number of carbonyl (C=O) groups is 1. The van der Waals surface area contributed by atoms with Crippen molar-refractivity contribution in [3.8, 4) is 0 Å². The molecule has 1 N–H and O–H groups in total. The van der Waals surface area contributed by atoms with E-state index in [0.29, 0.717) is 18.5 Å².